The maximum Gasteiger partial charge on any atom is 0.416 e. The van der Waals surface area contributed by atoms with Crippen molar-refractivity contribution >= 4 is 46.3 Å². The van der Waals surface area contributed by atoms with Crippen molar-refractivity contribution in [2.45, 2.75) is 6.18 Å². The first-order chi connectivity index (χ1) is 22.0. The zero-order valence-electron chi connectivity index (χ0n) is 25.4. The van der Waals surface area contributed by atoms with E-state index in [0.717, 1.165) is 55.8 Å². The summed E-state index contributed by atoms with van der Waals surface area (Å²) in [6, 6.07) is 17.6. The largest absolute Gasteiger partial charge is 0.495 e. The van der Waals surface area contributed by atoms with Gasteiger partial charge in [0.15, 0.2) is 0 Å². The van der Waals surface area contributed by atoms with Gasteiger partial charge in [0.05, 0.1) is 18.4 Å². The third kappa shape index (κ3) is 7.82. The number of likely N-dealkylation sites (N-methyl/N-ethyl adjacent to an activating group) is 1. The van der Waals surface area contributed by atoms with Gasteiger partial charge in [0.2, 0.25) is 0 Å². The van der Waals surface area contributed by atoms with Gasteiger partial charge in [0.25, 0.3) is 5.91 Å². The Morgan fingerprint density at radius 3 is 2.30 bits per heavy atom. The number of hydrogen-bond donors (Lipinski definition) is 3. The van der Waals surface area contributed by atoms with Crippen molar-refractivity contribution in [1.29, 1.82) is 0 Å². The minimum absolute atomic E-state index is 0.171. The van der Waals surface area contributed by atoms with Crippen LogP contribution in [0.4, 0.5) is 52.4 Å². The fourth-order valence-corrected chi connectivity index (χ4v) is 4.79. The third-order valence-corrected chi connectivity index (χ3v) is 7.46. The Morgan fingerprint density at radius 1 is 0.891 bits per heavy atom. The van der Waals surface area contributed by atoms with Gasteiger partial charge in [-0.15, -0.1) is 0 Å². The third-order valence-electron chi connectivity index (χ3n) is 7.46. The molecule has 1 aliphatic heterocycles. The fourth-order valence-electron chi connectivity index (χ4n) is 4.79. The van der Waals surface area contributed by atoms with E-state index >= 15 is 0 Å². The molecular formula is C32H33F3N8O3. The number of amides is 3. The van der Waals surface area contributed by atoms with E-state index in [1.807, 2.05) is 12.1 Å². The molecule has 4 aromatic rings. The average molecular weight is 635 g/mol. The molecule has 2 heterocycles. The van der Waals surface area contributed by atoms with Gasteiger partial charge in [-0.25, -0.2) is 14.8 Å². The molecule has 3 N–H and O–H groups in total. The number of nitrogens with one attached hydrogen (secondary N) is 3. The second kappa shape index (κ2) is 13.7. The molecule has 0 radical (unpaired) electrons. The molecule has 1 saturated heterocycles. The number of urea groups is 1. The first-order valence-corrected chi connectivity index (χ1v) is 14.3. The van der Waals surface area contributed by atoms with Crippen LogP contribution in [0.1, 0.15) is 15.9 Å². The van der Waals surface area contributed by atoms with Crippen molar-refractivity contribution in [1.82, 2.24) is 14.9 Å². The minimum Gasteiger partial charge on any atom is -0.495 e. The molecule has 46 heavy (non-hydrogen) atoms. The Bertz CT molecular complexity index is 1690. The van der Waals surface area contributed by atoms with Crippen LogP contribution in [0.5, 0.6) is 5.75 Å². The molecule has 0 unspecified atom stereocenters. The molecule has 1 aliphatic rings. The number of rotatable bonds is 8. The summed E-state index contributed by atoms with van der Waals surface area (Å²) in [7, 11) is 5.06. The summed E-state index contributed by atoms with van der Waals surface area (Å²) >= 11 is 0. The summed E-state index contributed by atoms with van der Waals surface area (Å²) in [6.07, 6.45) is -3.25. The van der Waals surface area contributed by atoms with E-state index < -0.39 is 23.7 Å². The lowest BCUT2D eigenvalue weighted by Crippen LogP contribution is -2.44. The Balaban J connectivity index is 1.24. The number of carbonyl (C=O) groups excluding carboxylic acids is 2. The molecular weight excluding hydrogens is 601 g/mol. The van der Waals surface area contributed by atoms with Crippen LogP contribution < -0.4 is 30.5 Å². The minimum atomic E-state index is -4.59. The van der Waals surface area contributed by atoms with Gasteiger partial charge >= 0.3 is 12.2 Å². The second-order valence-electron chi connectivity index (χ2n) is 10.7. The highest BCUT2D eigenvalue weighted by molar-refractivity contribution is 6.06. The Kier molecular flexibility index (Phi) is 9.56. The van der Waals surface area contributed by atoms with Gasteiger partial charge in [-0.1, -0.05) is 6.07 Å². The number of aromatic nitrogens is 2. The highest BCUT2D eigenvalue weighted by Crippen LogP contribution is 2.31. The SMILES string of the molecule is COc1ccc(NC(=O)c2cccc(C(F)(F)F)c2)cc1NC(=O)N(C)c1cc(Nc2ccc(N3CCN(C)CC3)cc2)ncn1. The van der Waals surface area contributed by atoms with Crippen LogP contribution in [0.25, 0.3) is 0 Å². The van der Waals surface area contributed by atoms with Gasteiger partial charge in [-0.05, 0) is 67.7 Å². The van der Waals surface area contributed by atoms with Crippen molar-refractivity contribution in [3.63, 3.8) is 0 Å². The van der Waals surface area contributed by atoms with Crippen LogP contribution in [-0.2, 0) is 6.18 Å². The monoisotopic (exact) mass is 634 g/mol. The van der Waals surface area contributed by atoms with Gasteiger partial charge in [-0.2, -0.15) is 13.2 Å². The zero-order chi connectivity index (χ0) is 32.8. The first kappa shape index (κ1) is 32.0. The summed E-state index contributed by atoms with van der Waals surface area (Å²) in [6.45, 7) is 3.97. The molecule has 240 valence electrons. The van der Waals surface area contributed by atoms with E-state index in [1.54, 1.807) is 6.07 Å². The van der Waals surface area contributed by atoms with Crippen molar-refractivity contribution in [3.05, 3.63) is 90.3 Å². The lowest BCUT2D eigenvalue weighted by molar-refractivity contribution is -0.137. The fraction of sp³-hybridized carbons (Fsp3) is 0.250. The van der Waals surface area contributed by atoms with E-state index in [9.17, 15) is 22.8 Å². The van der Waals surface area contributed by atoms with Crippen molar-refractivity contribution in [2.24, 2.45) is 0 Å². The first-order valence-electron chi connectivity index (χ1n) is 14.3. The number of nitrogens with zero attached hydrogens (tertiary/aromatic N) is 5. The average Bonchev–Trinajstić information content (AvgIpc) is 3.05. The van der Waals surface area contributed by atoms with E-state index in [2.05, 4.69) is 54.9 Å². The maximum absolute atomic E-state index is 13.2. The molecule has 0 spiro atoms. The number of piperazine rings is 1. The number of benzene rings is 3. The van der Waals surface area contributed by atoms with Gasteiger partial charge in [0.1, 0.15) is 23.7 Å². The van der Waals surface area contributed by atoms with Crippen LogP contribution in [-0.4, -0.2) is 74.2 Å². The lowest BCUT2D eigenvalue weighted by Gasteiger charge is -2.34. The van der Waals surface area contributed by atoms with Crippen LogP contribution in [0.2, 0.25) is 0 Å². The van der Waals surface area contributed by atoms with Crippen LogP contribution in [0.3, 0.4) is 0 Å². The van der Waals surface area contributed by atoms with Gasteiger partial charge < -0.3 is 30.5 Å². The van der Waals surface area contributed by atoms with Crippen LogP contribution in [0.15, 0.2) is 79.1 Å². The molecule has 1 fully saturated rings. The molecule has 11 nitrogen and oxygen atoms in total. The van der Waals surface area contributed by atoms with Crippen molar-refractivity contribution in [2.75, 3.05) is 73.1 Å². The van der Waals surface area contributed by atoms with Crippen LogP contribution in [0, 0.1) is 0 Å². The van der Waals surface area contributed by atoms with Crippen LogP contribution >= 0.6 is 0 Å². The number of hydrogen-bond acceptors (Lipinski definition) is 8. The van der Waals surface area contributed by atoms with E-state index in [1.165, 1.54) is 49.7 Å². The molecule has 0 aliphatic carbocycles. The summed E-state index contributed by atoms with van der Waals surface area (Å²) in [4.78, 5) is 40.3. The second-order valence-corrected chi connectivity index (χ2v) is 10.7. The van der Waals surface area contributed by atoms with E-state index in [0.29, 0.717) is 17.4 Å². The molecule has 3 amide bonds. The molecule has 0 saturated carbocycles. The van der Waals surface area contributed by atoms with E-state index in [-0.39, 0.29) is 16.9 Å². The Labute approximate surface area is 264 Å². The number of alkyl halides is 3. The zero-order valence-corrected chi connectivity index (χ0v) is 25.4. The summed E-state index contributed by atoms with van der Waals surface area (Å²) in [5.41, 5.74) is 1.31. The predicted octanol–water partition coefficient (Wildman–Crippen LogP) is 5.92. The topological polar surface area (TPSA) is 115 Å². The highest BCUT2D eigenvalue weighted by atomic mass is 19.4. The molecule has 0 bridgehead atoms. The number of carbonyl (C=O) groups is 2. The van der Waals surface area contributed by atoms with Gasteiger partial charge in [0, 0.05) is 61.9 Å². The summed E-state index contributed by atoms with van der Waals surface area (Å²) < 4.78 is 44.7. The van der Waals surface area contributed by atoms with Gasteiger partial charge in [-0.3, -0.25) is 9.69 Å². The maximum atomic E-state index is 13.2. The van der Waals surface area contributed by atoms with E-state index in [4.69, 9.17) is 4.74 Å². The molecule has 5 rings (SSSR count). The Hall–Kier alpha value is -5.37. The quantitative estimate of drug-likeness (QED) is 0.219. The standard InChI is InChI=1S/C32H33F3N8O3/c1-41-13-15-43(16-14-41)25-10-7-23(8-11-25)38-28-19-29(37-20-36-28)42(2)31(45)40-26-18-24(9-12-27(26)46-3)39-30(44)21-5-4-6-22(17-21)32(33,34)35/h4-12,17-20H,13-16H2,1-3H3,(H,39,44)(H,40,45)(H,36,37,38). The smallest absolute Gasteiger partial charge is 0.416 e. The molecule has 3 aromatic carbocycles. The number of methoxy groups -OCH3 is 1. The van der Waals surface area contributed by atoms with Crippen molar-refractivity contribution < 1.29 is 27.5 Å². The number of halogens is 3. The number of ether oxygens (including phenoxy) is 1. The van der Waals surface area contributed by atoms with Crippen molar-refractivity contribution in [3.8, 4) is 5.75 Å². The lowest BCUT2D eigenvalue weighted by atomic mass is 10.1. The number of anilines is 6. The predicted molar refractivity (Wildman–Crippen MR) is 171 cm³/mol. The molecule has 0 atom stereocenters. The summed E-state index contributed by atoms with van der Waals surface area (Å²) in [5.74, 6) is 0.329. The summed E-state index contributed by atoms with van der Waals surface area (Å²) in [5, 5.41) is 8.52. The molecule has 1 aromatic heterocycles. The molecule has 14 heteroatoms. The highest BCUT2D eigenvalue weighted by Gasteiger charge is 2.31. The normalized spacial score (nSPS) is 13.6. The Morgan fingerprint density at radius 2 is 1.61 bits per heavy atom.